The standard InChI is InChI=1S/C11H14ClNO2/c1-7-4-8(5-9(12)13-7)6-11(2,3)10(14)15/h4-5H,6H2,1-3H3,(H,14,15). The van der Waals surface area contributed by atoms with E-state index in [0.29, 0.717) is 11.6 Å². The van der Waals surface area contributed by atoms with E-state index >= 15 is 0 Å². The normalized spacial score (nSPS) is 11.5. The highest BCUT2D eigenvalue weighted by Crippen LogP contribution is 2.23. The van der Waals surface area contributed by atoms with E-state index in [2.05, 4.69) is 4.98 Å². The summed E-state index contributed by atoms with van der Waals surface area (Å²) in [7, 11) is 0. The summed E-state index contributed by atoms with van der Waals surface area (Å²) in [4.78, 5) is 15.0. The molecule has 0 amide bonds. The monoisotopic (exact) mass is 227 g/mol. The molecule has 0 aliphatic heterocycles. The summed E-state index contributed by atoms with van der Waals surface area (Å²) in [5, 5.41) is 9.40. The van der Waals surface area contributed by atoms with Crippen molar-refractivity contribution in [3.05, 3.63) is 28.5 Å². The molecule has 0 aromatic carbocycles. The Morgan fingerprint density at radius 2 is 2.13 bits per heavy atom. The largest absolute Gasteiger partial charge is 0.481 e. The first-order valence-corrected chi connectivity index (χ1v) is 5.05. The Kier molecular flexibility index (Phi) is 3.35. The van der Waals surface area contributed by atoms with Gasteiger partial charge in [-0.2, -0.15) is 0 Å². The number of aromatic nitrogens is 1. The molecule has 82 valence electrons. The molecule has 1 aromatic heterocycles. The van der Waals surface area contributed by atoms with Gasteiger partial charge < -0.3 is 5.11 Å². The van der Waals surface area contributed by atoms with Gasteiger partial charge in [0.2, 0.25) is 0 Å². The average Bonchev–Trinajstić information content (AvgIpc) is 1.99. The Hall–Kier alpha value is -1.09. The van der Waals surface area contributed by atoms with Crippen molar-refractivity contribution in [2.24, 2.45) is 5.41 Å². The summed E-state index contributed by atoms with van der Waals surface area (Å²) in [5.41, 5.74) is 0.926. The van der Waals surface area contributed by atoms with Gasteiger partial charge in [-0.25, -0.2) is 4.98 Å². The molecule has 0 saturated heterocycles. The highest BCUT2D eigenvalue weighted by atomic mass is 35.5. The Balaban J connectivity index is 2.94. The maximum atomic E-state index is 10.9. The Morgan fingerprint density at radius 3 is 2.60 bits per heavy atom. The predicted octanol–water partition coefficient (Wildman–Crippen LogP) is 2.70. The number of nitrogens with zero attached hydrogens (tertiary/aromatic N) is 1. The van der Waals surface area contributed by atoms with Crippen molar-refractivity contribution in [1.29, 1.82) is 0 Å². The van der Waals surface area contributed by atoms with Crippen molar-refractivity contribution in [2.45, 2.75) is 27.2 Å². The van der Waals surface area contributed by atoms with Crippen LogP contribution in [-0.4, -0.2) is 16.1 Å². The predicted molar refractivity (Wildman–Crippen MR) is 59.1 cm³/mol. The van der Waals surface area contributed by atoms with Crippen LogP contribution in [0.4, 0.5) is 0 Å². The maximum absolute atomic E-state index is 10.9. The van der Waals surface area contributed by atoms with E-state index in [1.165, 1.54) is 0 Å². The summed E-state index contributed by atoms with van der Waals surface area (Å²) in [6.07, 6.45) is 0.450. The van der Waals surface area contributed by atoms with E-state index in [9.17, 15) is 4.79 Å². The molecule has 0 saturated carbocycles. The second kappa shape index (κ2) is 4.19. The second-order valence-electron chi connectivity index (χ2n) is 4.31. The van der Waals surface area contributed by atoms with Crippen molar-refractivity contribution in [1.82, 2.24) is 4.98 Å². The fourth-order valence-corrected chi connectivity index (χ4v) is 1.66. The zero-order chi connectivity index (χ0) is 11.6. The zero-order valence-corrected chi connectivity index (χ0v) is 9.80. The van der Waals surface area contributed by atoms with E-state index in [4.69, 9.17) is 16.7 Å². The molecule has 0 radical (unpaired) electrons. The van der Waals surface area contributed by atoms with E-state index < -0.39 is 11.4 Å². The first kappa shape index (κ1) is 12.0. The molecule has 15 heavy (non-hydrogen) atoms. The number of pyridine rings is 1. The average molecular weight is 228 g/mol. The van der Waals surface area contributed by atoms with Gasteiger partial charge in [0.15, 0.2) is 0 Å². The van der Waals surface area contributed by atoms with E-state index in [-0.39, 0.29) is 0 Å². The second-order valence-corrected chi connectivity index (χ2v) is 4.69. The van der Waals surface area contributed by atoms with Gasteiger partial charge in [-0.05, 0) is 44.9 Å². The van der Waals surface area contributed by atoms with Crippen LogP contribution in [0.3, 0.4) is 0 Å². The number of aliphatic carboxylic acids is 1. The van der Waals surface area contributed by atoms with Crippen LogP contribution in [0, 0.1) is 12.3 Å². The first-order valence-electron chi connectivity index (χ1n) is 4.68. The number of carboxylic acids is 1. The van der Waals surface area contributed by atoms with Crippen molar-refractivity contribution >= 4 is 17.6 Å². The third-order valence-corrected chi connectivity index (χ3v) is 2.40. The van der Waals surface area contributed by atoms with E-state index in [1.807, 2.05) is 13.0 Å². The molecular weight excluding hydrogens is 214 g/mol. The van der Waals surface area contributed by atoms with Crippen LogP contribution in [0.2, 0.25) is 5.15 Å². The van der Waals surface area contributed by atoms with Gasteiger partial charge in [0.25, 0.3) is 0 Å². The first-order chi connectivity index (χ1) is 6.81. The van der Waals surface area contributed by atoms with Crippen LogP contribution >= 0.6 is 11.6 Å². The quantitative estimate of drug-likeness (QED) is 0.808. The molecule has 0 spiro atoms. The van der Waals surface area contributed by atoms with Crippen molar-refractivity contribution < 1.29 is 9.90 Å². The minimum absolute atomic E-state index is 0.409. The van der Waals surface area contributed by atoms with Crippen molar-refractivity contribution in [3.63, 3.8) is 0 Å². The molecule has 0 aliphatic rings. The van der Waals surface area contributed by atoms with E-state index in [0.717, 1.165) is 11.3 Å². The molecule has 4 heteroatoms. The zero-order valence-electron chi connectivity index (χ0n) is 9.04. The van der Waals surface area contributed by atoms with Gasteiger partial charge in [0.1, 0.15) is 5.15 Å². The fourth-order valence-electron chi connectivity index (χ4n) is 1.38. The lowest BCUT2D eigenvalue weighted by atomic mass is 9.86. The van der Waals surface area contributed by atoms with Crippen molar-refractivity contribution in [2.75, 3.05) is 0 Å². The lowest BCUT2D eigenvalue weighted by Crippen LogP contribution is -2.26. The number of rotatable bonds is 3. The minimum atomic E-state index is -0.812. The summed E-state index contributed by atoms with van der Waals surface area (Å²) in [6.45, 7) is 5.22. The summed E-state index contributed by atoms with van der Waals surface area (Å²) < 4.78 is 0. The summed E-state index contributed by atoms with van der Waals surface area (Å²) >= 11 is 5.80. The molecule has 1 rings (SSSR count). The van der Waals surface area contributed by atoms with Crippen LogP contribution in [0.15, 0.2) is 12.1 Å². The number of aryl methyl sites for hydroxylation is 1. The Labute approximate surface area is 94.1 Å². The minimum Gasteiger partial charge on any atom is -0.481 e. The van der Waals surface area contributed by atoms with Gasteiger partial charge in [-0.3, -0.25) is 4.79 Å². The number of carboxylic acid groups (broad SMARTS) is 1. The number of halogens is 1. The van der Waals surface area contributed by atoms with Crippen molar-refractivity contribution in [3.8, 4) is 0 Å². The molecule has 3 nitrogen and oxygen atoms in total. The smallest absolute Gasteiger partial charge is 0.309 e. The lowest BCUT2D eigenvalue weighted by Gasteiger charge is -2.19. The maximum Gasteiger partial charge on any atom is 0.309 e. The highest BCUT2D eigenvalue weighted by molar-refractivity contribution is 6.29. The van der Waals surface area contributed by atoms with Gasteiger partial charge >= 0.3 is 5.97 Å². The molecule has 0 fully saturated rings. The van der Waals surface area contributed by atoms with Gasteiger partial charge in [-0.1, -0.05) is 11.6 Å². The molecule has 1 N–H and O–H groups in total. The molecule has 1 aromatic rings. The molecule has 0 unspecified atom stereocenters. The third kappa shape index (κ3) is 3.20. The van der Waals surface area contributed by atoms with E-state index in [1.54, 1.807) is 19.9 Å². The SMILES string of the molecule is Cc1cc(CC(C)(C)C(=O)O)cc(Cl)n1. The number of hydrogen-bond donors (Lipinski definition) is 1. The number of hydrogen-bond acceptors (Lipinski definition) is 2. The highest BCUT2D eigenvalue weighted by Gasteiger charge is 2.27. The lowest BCUT2D eigenvalue weighted by molar-refractivity contribution is -0.146. The Morgan fingerprint density at radius 1 is 1.53 bits per heavy atom. The molecule has 0 bridgehead atoms. The van der Waals surface area contributed by atoms with Crippen LogP contribution in [-0.2, 0) is 11.2 Å². The third-order valence-electron chi connectivity index (χ3n) is 2.21. The Bertz CT molecular complexity index is 368. The molecule has 0 aliphatic carbocycles. The summed E-state index contributed by atoms with van der Waals surface area (Å²) in [6, 6.07) is 3.57. The van der Waals surface area contributed by atoms with Crippen LogP contribution in [0.5, 0.6) is 0 Å². The molecule has 1 heterocycles. The van der Waals surface area contributed by atoms with Gasteiger partial charge in [-0.15, -0.1) is 0 Å². The summed E-state index contributed by atoms with van der Waals surface area (Å²) in [5.74, 6) is -0.812. The topological polar surface area (TPSA) is 50.2 Å². The van der Waals surface area contributed by atoms with Crippen LogP contribution in [0.1, 0.15) is 25.1 Å². The molecule has 0 atom stereocenters. The van der Waals surface area contributed by atoms with Gasteiger partial charge in [0, 0.05) is 5.69 Å². The fraction of sp³-hybridized carbons (Fsp3) is 0.455. The van der Waals surface area contributed by atoms with Gasteiger partial charge in [0.05, 0.1) is 5.41 Å². The molecular formula is C11H14ClNO2. The van der Waals surface area contributed by atoms with Crippen LogP contribution in [0.25, 0.3) is 0 Å². The number of carbonyl (C=O) groups is 1. The van der Waals surface area contributed by atoms with Crippen LogP contribution < -0.4 is 0 Å².